The molecule has 22 heavy (non-hydrogen) atoms. The molecule has 1 aromatic carbocycles. The third-order valence-corrected chi connectivity index (χ3v) is 4.94. The molecule has 0 unspecified atom stereocenters. The number of ether oxygens (including phenoxy) is 1. The Hall–Kier alpha value is -1.84. The van der Waals surface area contributed by atoms with Gasteiger partial charge in [-0.3, -0.25) is 0 Å². The molecule has 2 aromatic rings. The highest BCUT2D eigenvalue weighted by molar-refractivity contribution is 5.93. The lowest BCUT2D eigenvalue weighted by atomic mass is 9.95. The van der Waals surface area contributed by atoms with Gasteiger partial charge in [0.1, 0.15) is 6.04 Å². The minimum atomic E-state index is -0.271. The Morgan fingerprint density at radius 1 is 1.32 bits per heavy atom. The van der Waals surface area contributed by atoms with Gasteiger partial charge in [-0.25, -0.2) is 13.9 Å². The van der Waals surface area contributed by atoms with Crippen LogP contribution in [0.25, 0.3) is 11.0 Å². The van der Waals surface area contributed by atoms with Crippen LogP contribution in [0.3, 0.4) is 0 Å². The number of esters is 1. The molecule has 0 aliphatic heterocycles. The zero-order valence-electron chi connectivity index (χ0n) is 13.8. The number of imidazole rings is 1. The fraction of sp³-hybridized carbons (Fsp3) is 0.556. The molecule has 1 saturated carbocycles. The van der Waals surface area contributed by atoms with Crippen molar-refractivity contribution in [3.05, 3.63) is 29.6 Å². The topological polar surface area (TPSA) is 35.1 Å². The molecule has 0 radical (unpaired) electrons. The van der Waals surface area contributed by atoms with Crippen LogP contribution in [-0.4, -0.2) is 17.6 Å². The van der Waals surface area contributed by atoms with Crippen molar-refractivity contribution in [2.24, 2.45) is 0 Å². The molecule has 0 spiro atoms. The van der Waals surface area contributed by atoms with Crippen molar-refractivity contribution in [3.8, 4) is 0 Å². The molecule has 4 heteroatoms. The highest BCUT2D eigenvalue weighted by atomic mass is 16.5. The molecule has 0 N–H and O–H groups in total. The van der Waals surface area contributed by atoms with E-state index in [0.717, 1.165) is 12.1 Å². The first-order valence-electron chi connectivity index (χ1n) is 8.30. The van der Waals surface area contributed by atoms with Gasteiger partial charge in [-0.1, -0.05) is 6.42 Å². The standard InChI is InChI=1S/C18H25N2O2/c1-4-19-13(2)20(15-8-6-5-7-9-15)16-11-10-14(12-17(16)19)18(21)22-3/h10-12,15H,4-9H2,1-3H3/q+1. The lowest BCUT2D eigenvalue weighted by molar-refractivity contribution is -0.707. The van der Waals surface area contributed by atoms with Crippen LogP contribution in [0.2, 0.25) is 0 Å². The van der Waals surface area contributed by atoms with Gasteiger partial charge in [-0.2, -0.15) is 0 Å². The Kier molecular flexibility index (Phi) is 4.19. The molecule has 0 saturated heterocycles. The van der Waals surface area contributed by atoms with E-state index in [1.165, 1.54) is 50.6 Å². The zero-order valence-corrected chi connectivity index (χ0v) is 13.8. The number of carbonyl (C=O) groups excluding carboxylic acids is 1. The van der Waals surface area contributed by atoms with Crippen molar-refractivity contribution in [2.45, 2.75) is 58.5 Å². The maximum Gasteiger partial charge on any atom is 0.338 e. The van der Waals surface area contributed by atoms with E-state index in [9.17, 15) is 4.79 Å². The minimum Gasteiger partial charge on any atom is -0.465 e. The lowest BCUT2D eigenvalue weighted by Gasteiger charge is -2.20. The van der Waals surface area contributed by atoms with Gasteiger partial charge in [0.25, 0.3) is 5.82 Å². The molecule has 3 rings (SSSR count). The van der Waals surface area contributed by atoms with Gasteiger partial charge in [0, 0.05) is 13.0 Å². The zero-order chi connectivity index (χ0) is 15.7. The highest BCUT2D eigenvalue weighted by Crippen LogP contribution is 2.27. The van der Waals surface area contributed by atoms with E-state index in [-0.39, 0.29) is 5.97 Å². The number of aromatic nitrogens is 2. The van der Waals surface area contributed by atoms with E-state index in [1.54, 1.807) is 0 Å². The Morgan fingerprint density at radius 3 is 2.68 bits per heavy atom. The van der Waals surface area contributed by atoms with Crippen LogP contribution in [0.4, 0.5) is 0 Å². The first-order valence-corrected chi connectivity index (χ1v) is 8.30. The SMILES string of the molecule is CCn1c(C)[n+](C2CCCCC2)c2ccc(C(=O)OC)cc21. The maximum atomic E-state index is 11.8. The van der Waals surface area contributed by atoms with Gasteiger partial charge in [0.05, 0.1) is 19.2 Å². The smallest absolute Gasteiger partial charge is 0.338 e. The van der Waals surface area contributed by atoms with Gasteiger partial charge in [0.2, 0.25) is 0 Å². The number of hydrogen-bond donors (Lipinski definition) is 0. The average molecular weight is 301 g/mol. The van der Waals surface area contributed by atoms with Crippen molar-refractivity contribution in [3.63, 3.8) is 0 Å². The Morgan fingerprint density at radius 2 is 2.05 bits per heavy atom. The molecular formula is C18H25N2O2+. The van der Waals surface area contributed by atoms with Gasteiger partial charge in [0.15, 0.2) is 11.0 Å². The molecule has 118 valence electrons. The number of nitrogens with zero attached hydrogens (tertiary/aromatic N) is 2. The van der Waals surface area contributed by atoms with E-state index in [1.807, 2.05) is 12.1 Å². The fourth-order valence-electron chi connectivity index (χ4n) is 3.87. The molecule has 1 fully saturated rings. The second-order valence-corrected chi connectivity index (χ2v) is 6.15. The van der Waals surface area contributed by atoms with Gasteiger partial charge in [-0.15, -0.1) is 0 Å². The van der Waals surface area contributed by atoms with E-state index in [4.69, 9.17) is 4.74 Å². The number of fused-ring (bicyclic) bond motifs is 1. The molecule has 4 nitrogen and oxygen atoms in total. The summed E-state index contributed by atoms with van der Waals surface area (Å²) in [6, 6.07) is 6.52. The van der Waals surface area contributed by atoms with Crippen LogP contribution in [0.15, 0.2) is 18.2 Å². The summed E-state index contributed by atoms with van der Waals surface area (Å²) in [5.41, 5.74) is 2.99. The van der Waals surface area contributed by atoms with Crippen LogP contribution in [0, 0.1) is 6.92 Å². The van der Waals surface area contributed by atoms with Crippen LogP contribution in [0.1, 0.15) is 61.3 Å². The number of rotatable bonds is 3. The molecule has 0 bridgehead atoms. The normalized spacial score (nSPS) is 16.1. The molecule has 0 amide bonds. The average Bonchev–Trinajstić information content (AvgIpc) is 2.85. The van der Waals surface area contributed by atoms with Crippen LogP contribution in [0.5, 0.6) is 0 Å². The number of aryl methyl sites for hydroxylation is 1. The monoisotopic (exact) mass is 301 g/mol. The summed E-state index contributed by atoms with van der Waals surface area (Å²) >= 11 is 0. The van der Waals surface area contributed by atoms with Crippen molar-refractivity contribution < 1.29 is 14.1 Å². The summed E-state index contributed by atoms with van der Waals surface area (Å²) in [6.07, 6.45) is 6.50. The molecule has 1 aliphatic carbocycles. The molecule has 0 atom stereocenters. The number of hydrogen-bond acceptors (Lipinski definition) is 2. The van der Waals surface area contributed by atoms with Crippen molar-refractivity contribution in [2.75, 3.05) is 7.11 Å². The number of carbonyl (C=O) groups is 1. The van der Waals surface area contributed by atoms with Crippen molar-refractivity contribution in [1.29, 1.82) is 0 Å². The van der Waals surface area contributed by atoms with Crippen LogP contribution in [-0.2, 0) is 11.3 Å². The molecule has 1 aromatic heterocycles. The lowest BCUT2D eigenvalue weighted by Crippen LogP contribution is -2.42. The molecule has 1 aliphatic rings. The van der Waals surface area contributed by atoms with Crippen LogP contribution >= 0.6 is 0 Å². The van der Waals surface area contributed by atoms with Gasteiger partial charge < -0.3 is 4.74 Å². The largest absolute Gasteiger partial charge is 0.465 e. The van der Waals surface area contributed by atoms with Crippen LogP contribution < -0.4 is 4.57 Å². The van der Waals surface area contributed by atoms with Crippen molar-refractivity contribution >= 4 is 17.0 Å². The Labute approximate surface area is 131 Å². The summed E-state index contributed by atoms with van der Waals surface area (Å²) in [6.45, 7) is 5.26. The van der Waals surface area contributed by atoms with E-state index < -0.39 is 0 Å². The summed E-state index contributed by atoms with van der Waals surface area (Å²) in [5, 5.41) is 0. The van der Waals surface area contributed by atoms with E-state index >= 15 is 0 Å². The summed E-state index contributed by atoms with van der Waals surface area (Å²) < 4.78 is 9.64. The quantitative estimate of drug-likeness (QED) is 0.642. The second kappa shape index (κ2) is 6.11. The number of methoxy groups -OCH3 is 1. The predicted octanol–water partition coefficient (Wildman–Crippen LogP) is 3.55. The Balaban J connectivity index is 2.16. The first-order chi connectivity index (χ1) is 10.7. The first kappa shape index (κ1) is 15.1. The third-order valence-electron chi connectivity index (χ3n) is 4.94. The summed E-state index contributed by atoms with van der Waals surface area (Å²) in [7, 11) is 1.43. The highest BCUT2D eigenvalue weighted by Gasteiger charge is 2.28. The fourth-order valence-corrected chi connectivity index (χ4v) is 3.87. The van der Waals surface area contributed by atoms with Gasteiger partial charge in [-0.05, 0) is 44.7 Å². The number of benzene rings is 1. The van der Waals surface area contributed by atoms with Gasteiger partial charge >= 0.3 is 5.97 Å². The summed E-state index contributed by atoms with van der Waals surface area (Å²) in [4.78, 5) is 11.8. The minimum absolute atomic E-state index is 0.271. The molecular weight excluding hydrogens is 276 g/mol. The second-order valence-electron chi connectivity index (χ2n) is 6.15. The maximum absolute atomic E-state index is 11.8. The Bertz CT molecular complexity index is 697. The van der Waals surface area contributed by atoms with E-state index in [2.05, 4.69) is 29.0 Å². The predicted molar refractivity (Wildman–Crippen MR) is 86.0 cm³/mol. The summed E-state index contributed by atoms with van der Waals surface area (Å²) in [5.74, 6) is 1.01. The van der Waals surface area contributed by atoms with E-state index in [0.29, 0.717) is 11.6 Å². The third kappa shape index (κ3) is 2.40. The van der Waals surface area contributed by atoms with Crippen molar-refractivity contribution in [1.82, 2.24) is 4.57 Å². The molecule has 1 heterocycles.